The second-order valence-electron chi connectivity index (χ2n) is 6.55. The lowest BCUT2D eigenvalue weighted by molar-refractivity contribution is 0.0250. The molecule has 1 aliphatic carbocycles. The molecule has 3 heteroatoms. The Morgan fingerprint density at radius 3 is 2.33 bits per heavy atom. The fraction of sp³-hybridized carbons (Fsp3) is 1.00. The first-order valence-electron chi connectivity index (χ1n) is 7.79. The van der Waals surface area contributed by atoms with Crippen LogP contribution in [-0.2, 0) is 0 Å². The van der Waals surface area contributed by atoms with Crippen LogP contribution in [0.4, 0.5) is 0 Å². The van der Waals surface area contributed by atoms with Crippen molar-refractivity contribution in [1.29, 1.82) is 0 Å². The third-order valence-corrected chi connectivity index (χ3v) is 5.21. The lowest BCUT2D eigenvalue weighted by Gasteiger charge is -2.48. The highest BCUT2D eigenvalue weighted by Gasteiger charge is 2.38. The average Bonchev–Trinajstić information content (AvgIpc) is 2.65. The van der Waals surface area contributed by atoms with Gasteiger partial charge >= 0.3 is 0 Å². The van der Waals surface area contributed by atoms with E-state index in [1.807, 2.05) is 0 Å². The second kappa shape index (κ2) is 6.36. The molecule has 2 fully saturated rings. The van der Waals surface area contributed by atoms with Crippen LogP contribution in [0.5, 0.6) is 0 Å². The maximum atomic E-state index is 6.20. The molecule has 106 valence electrons. The van der Waals surface area contributed by atoms with Crippen molar-refractivity contribution in [3.8, 4) is 0 Å². The summed E-state index contributed by atoms with van der Waals surface area (Å²) in [6, 6.07) is 0.727. The monoisotopic (exact) mass is 253 g/mol. The third-order valence-electron chi connectivity index (χ3n) is 5.21. The Hall–Kier alpha value is -0.120. The van der Waals surface area contributed by atoms with Gasteiger partial charge in [-0.05, 0) is 46.3 Å². The van der Waals surface area contributed by atoms with E-state index < -0.39 is 0 Å². The van der Waals surface area contributed by atoms with Crippen molar-refractivity contribution < 1.29 is 0 Å². The molecule has 0 radical (unpaired) electrons. The number of likely N-dealkylation sites (tertiary alicyclic amines) is 1. The van der Waals surface area contributed by atoms with Crippen molar-refractivity contribution in [3.63, 3.8) is 0 Å². The van der Waals surface area contributed by atoms with Gasteiger partial charge in [0.1, 0.15) is 0 Å². The van der Waals surface area contributed by atoms with Gasteiger partial charge in [0.25, 0.3) is 0 Å². The van der Waals surface area contributed by atoms with Crippen LogP contribution in [0.25, 0.3) is 0 Å². The summed E-state index contributed by atoms with van der Waals surface area (Å²) in [6.45, 7) is 3.35. The van der Waals surface area contributed by atoms with Gasteiger partial charge in [-0.2, -0.15) is 0 Å². The van der Waals surface area contributed by atoms with Crippen LogP contribution in [0.15, 0.2) is 0 Å². The Kier molecular flexibility index (Phi) is 5.05. The topological polar surface area (TPSA) is 32.5 Å². The number of nitrogens with zero attached hydrogens (tertiary/aromatic N) is 2. The van der Waals surface area contributed by atoms with Crippen LogP contribution >= 0.6 is 0 Å². The van der Waals surface area contributed by atoms with E-state index in [1.165, 1.54) is 64.5 Å². The summed E-state index contributed by atoms with van der Waals surface area (Å²) in [7, 11) is 4.44. The van der Waals surface area contributed by atoms with Gasteiger partial charge in [-0.3, -0.25) is 4.90 Å². The molecule has 0 bridgehead atoms. The van der Waals surface area contributed by atoms with E-state index in [0.29, 0.717) is 5.54 Å². The van der Waals surface area contributed by atoms with E-state index in [9.17, 15) is 0 Å². The van der Waals surface area contributed by atoms with Gasteiger partial charge in [-0.15, -0.1) is 0 Å². The van der Waals surface area contributed by atoms with E-state index in [1.54, 1.807) is 0 Å². The quantitative estimate of drug-likeness (QED) is 0.782. The first-order chi connectivity index (χ1) is 8.68. The van der Waals surface area contributed by atoms with Crippen LogP contribution < -0.4 is 5.73 Å². The molecule has 3 nitrogen and oxygen atoms in total. The molecule has 0 spiro atoms. The van der Waals surface area contributed by atoms with Crippen LogP contribution in [0.3, 0.4) is 0 Å². The fourth-order valence-electron chi connectivity index (χ4n) is 3.84. The van der Waals surface area contributed by atoms with E-state index in [2.05, 4.69) is 23.9 Å². The number of rotatable bonds is 3. The molecule has 1 saturated carbocycles. The molecule has 2 rings (SSSR count). The third kappa shape index (κ3) is 3.06. The minimum absolute atomic E-state index is 0.325. The molecule has 1 atom stereocenters. The highest BCUT2D eigenvalue weighted by molar-refractivity contribution is 4.96. The zero-order chi connectivity index (χ0) is 13.0. The molecule has 0 aromatic rings. The smallest absolute Gasteiger partial charge is 0.0332 e. The maximum Gasteiger partial charge on any atom is 0.0332 e. The first-order valence-corrected chi connectivity index (χ1v) is 7.79. The van der Waals surface area contributed by atoms with Crippen LogP contribution in [-0.4, -0.2) is 55.1 Å². The summed E-state index contributed by atoms with van der Waals surface area (Å²) in [5, 5.41) is 0. The Morgan fingerprint density at radius 2 is 1.78 bits per heavy atom. The number of likely N-dealkylation sites (N-methyl/N-ethyl adjacent to an activating group) is 1. The Bertz CT molecular complexity index is 244. The largest absolute Gasteiger partial charge is 0.329 e. The van der Waals surface area contributed by atoms with E-state index in [-0.39, 0.29) is 0 Å². The predicted octanol–water partition coefficient (Wildman–Crippen LogP) is 2.06. The Morgan fingerprint density at radius 1 is 1.11 bits per heavy atom. The molecule has 0 aromatic heterocycles. The molecular formula is C15H31N3. The van der Waals surface area contributed by atoms with Crippen LogP contribution in [0.2, 0.25) is 0 Å². The summed E-state index contributed by atoms with van der Waals surface area (Å²) < 4.78 is 0. The van der Waals surface area contributed by atoms with Gasteiger partial charge in [0.15, 0.2) is 0 Å². The summed E-state index contributed by atoms with van der Waals surface area (Å²) in [6.07, 6.45) is 10.9. The molecular weight excluding hydrogens is 222 g/mol. The van der Waals surface area contributed by atoms with Gasteiger partial charge in [-0.25, -0.2) is 0 Å². The van der Waals surface area contributed by atoms with Crippen molar-refractivity contribution in [2.75, 3.05) is 33.7 Å². The number of piperidine rings is 1. The van der Waals surface area contributed by atoms with Gasteiger partial charge in [-0.1, -0.05) is 25.7 Å². The molecule has 18 heavy (non-hydrogen) atoms. The van der Waals surface area contributed by atoms with Crippen molar-refractivity contribution >= 4 is 0 Å². The van der Waals surface area contributed by atoms with Gasteiger partial charge in [0, 0.05) is 24.7 Å². The standard InChI is InChI=1S/C15H31N3/c1-17(2)14-8-7-11-18(12-14)15(13-16)9-5-3-4-6-10-15/h14H,3-13,16H2,1-2H3. The average molecular weight is 253 g/mol. The lowest BCUT2D eigenvalue weighted by atomic mass is 9.85. The molecule has 0 amide bonds. The predicted molar refractivity (Wildman–Crippen MR) is 77.8 cm³/mol. The lowest BCUT2D eigenvalue weighted by Crippen LogP contribution is -2.59. The molecule has 1 heterocycles. The zero-order valence-corrected chi connectivity index (χ0v) is 12.3. The van der Waals surface area contributed by atoms with Crippen molar-refractivity contribution in [1.82, 2.24) is 9.80 Å². The maximum absolute atomic E-state index is 6.20. The van der Waals surface area contributed by atoms with Gasteiger partial charge in [0.05, 0.1) is 0 Å². The van der Waals surface area contributed by atoms with Gasteiger partial charge < -0.3 is 10.6 Å². The highest BCUT2D eigenvalue weighted by Crippen LogP contribution is 2.34. The van der Waals surface area contributed by atoms with E-state index >= 15 is 0 Å². The molecule has 2 aliphatic rings. The molecule has 1 unspecified atom stereocenters. The molecule has 0 aromatic carbocycles. The highest BCUT2D eigenvalue weighted by atomic mass is 15.3. The number of hydrogen-bond acceptors (Lipinski definition) is 3. The Labute approximate surface area is 113 Å². The SMILES string of the molecule is CN(C)C1CCCN(C2(CN)CCCCCC2)C1. The molecule has 1 saturated heterocycles. The van der Waals surface area contributed by atoms with Crippen molar-refractivity contribution in [2.24, 2.45) is 5.73 Å². The minimum atomic E-state index is 0.325. The van der Waals surface area contributed by atoms with E-state index in [4.69, 9.17) is 5.73 Å². The summed E-state index contributed by atoms with van der Waals surface area (Å²) >= 11 is 0. The number of nitrogens with two attached hydrogens (primary N) is 1. The summed E-state index contributed by atoms with van der Waals surface area (Å²) in [5.74, 6) is 0. The van der Waals surface area contributed by atoms with Crippen LogP contribution in [0.1, 0.15) is 51.4 Å². The van der Waals surface area contributed by atoms with Crippen molar-refractivity contribution in [2.45, 2.75) is 62.9 Å². The summed E-state index contributed by atoms with van der Waals surface area (Å²) in [4.78, 5) is 5.14. The first kappa shape index (κ1) is 14.3. The summed E-state index contributed by atoms with van der Waals surface area (Å²) in [5.41, 5.74) is 6.53. The number of hydrogen-bond donors (Lipinski definition) is 1. The molecule has 2 N–H and O–H groups in total. The normalized spacial score (nSPS) is 30.3. The fourth-order valence-corrected chi connectivity index (χ4v) is 3.84. The Balaban J connectivity index is 2.05. The van der Waals surface area contributed by atoms with E-state index in [0.717, 1.165) is 12.6 Å². The van der Waals surface area contributed by atoms with Crippen molar-refractivity contribution in [3.05, 3.63) is 0 Å². The second-order valence-corrected chi connectivity index (χ2v) is 6.55. The minimum Gasteiger partial charge on any atom is -0.329 e. The van der Waals surface area contributed by atoms with Gasteiger partial charge in [0.2, 0.25) is 0 Å². The van der Waals surface area contributed by atoms with Crippen LogP contribution in [0, 0.1) is 0 Å². The zero-order valence-electron chi connectivity index (χ0n) is 12.3. The molecule has 1 aliphatic heterocycles.